The van der Waals surface area contributed by atoms with Crippen molar-refractivity contribution in [2.75, 3.05) is 6.61 Å². The third kappa shape index (κ3) is 3.81. The van der Waals surface area contributed by atoms with Crippen LogP contribution in [0.2, 0.25) is 0 Å². The molecule has 0 radical (unpaired) electrons. The highest BCUT2D eigenvalue weighted by Crippen LogP contribution is 2.30. The van der Waals surface area contributed by atoms with Crippen LogP contribution < -0.4 is 10.1 Å². The van der Waals surface area contributed by atoms with E-state index in [2.05, 4.69) is 5.32 Å². The largest absolute Gasteiger partial charge is 0.494 e. The molecule has 0 saturated carbocycles. The van der Waals surface area contributed by atoms with Crippen LogP contribution in [0.5, 0.6) is 5.75 Å². The Labute approximate surface area is 154 Å². The number of amides is 4. The Hall–Kier alpha value is -3.23. The molecule has 3 rings (SSSR count). The number of carbonyl (C=O) groups is 5. The van der Waals surface area contributed by atoms with E-state index in [-0.39, 0.29) is 37.0 Å². The van der Waals surface area contributed by atoms with Crippen LogP contribution in [0, 0.1) is 0 Å². The fourth-order valence-electron chi connectivity index (χ4n) is 3.11. The number of rotatable bonds is 7. The first-order chi connectivity index (χ1) is 12.9. The quantitative estimate of drug-likeness (QED) is 0.531. The van der Waals surface area contributed by atoms with E-state index in [0.29, 0.717) is 18.6 Å². The van der Waals surface area contributed by atoms with Gasteiger partial charge in [0.1, 0.15) is 11.8 Å². The summed E-state index contributed by atoms with van der Waals surface area (Å²) in [6.07, 6.45) is 1.23. The van der Waals surface area contributed by atoms with Crippen molar-refractivity contribution in [2.24, 2.45) is 0 Å². The van der Waals surface area contributed by atoms with Crippen LogP contribution >= 0.6 is 0 Å². The molecule has 0 aliphatic carbocycles. The minimum absolute atomic E-state index is 0.0570. The maximum atomic E-state index is 12.7. The number of nitrogens with one attached hydrogen (secondary N) is 1. The standard InChI is InChI=1S/C18H18N2O7/c21-14-7-6-13(16(24)19-14)20-17(25)11-5-4-10(9-12(11)18(20)26)27-8-2-1-3-15(22)23/h4-5,9,13H,1-3,6-8H2,(H,22,23)(H,19,21,24). The van der Waals surface area contributed by atoms with E-state index in [4.69, 9.17) is 9.84 Å². The highest BCUT2D eigenvalue weighted by atomic mass is 16.5. The molecule has 142 valence electrons. The van der Waals surface area contributed by atoms with E-state index in [0.717, 1.165) is 4.90 Å². The van der Waals surface area contributed by atoms with Gasteiger partial charge in [0.2, 0.25) is 11.8 Å². The molecule has 1 aromatic carbocycles. The van der Waals surface area contributed by atoms with Gasteiger partial charge in [0, 0.05) is 12.8 Å². The van der Waals surface area contributed by atoms with Gasteiger partial charge in [-0.15, -0.1) is 0 Å². The van der Waals surface area contributed by atoms with Gasteiger partial charge in [0.15, 0.2) is 0 Å². The highest BCUT2D eigenvalue weighted by Gasteiger charge is 2.44. The summed E-state index contributed by atoms with van der Waals surface area (Å²) in [4.78, 5) is 59.8. The maximum absolute atomic E-state index is 12.7. The van der Waals surface area contributed by atoms with Gasteiger partial charge >= 0.3 is 5.97 Å². The van der Waals surface area contributed by atoms with E-state index in [9.17, 15) is 24.0 Å². The smallest absolute Gasteiger partial charge is 0.303 e. The van der Waals surface area contributed by atoms with Crippen molar-refractivity contribution in [3.05, 3.63) is 29.3 Å². The fraction of sp³-hybridized carbons (Fsp3) is 0.389. The Morgan fingerprint density at radius 2 is 1.89 bits per heavy atom. The van der Waals surface area contributed by atoms with Crippen molar-refractivity contribution in [3.63, 3.8) is 0 Å². The molecular formula is C18H18N2O7. The summed E-state index contributed by atoms with van der Waals surface area (Å²) < 4.78 is 5.51. The number of carbonyl (C=O) groups excluding carboxylic acids is 4. The van der Waals surface area contributed by atoms with Crippen molar-refractivity contribution in [2.45, 2.75) is 38.1 Å². The highest BCUT2D eigenvalue weighted by molar-refractivity contribution is 6.23. The predicted octanol–water partition coefficient (Wildman–Crippen LogP) is 0.722. The van der Waals surface area contributed by atoms with Gasteiger partial charge in [-0.05, 0) is 37.5 Å². The van der Waals surface area contributed by atoms with Gasteiger partial charge in [0.25, 0.3) is 11.8 Å². The lowest BCUT2D eigenvalue weighted by Gasteiger charge is -2.27. The number of carboxylic acid groups (broad SMARTS) is 1. The molecule has 2 heterocycles. The maximum Gasteiger partial charge on any atom is 0.303 e. The van der Waals surface area contributed by atoms with E-state index >= 15 is 0 Å². The Morgan fingerprint density at radius 3 is 2.59 bits per heavy atom. The molecule has 1 fully saturated rings. The normalized spacial score (nSPS) is 19.1. The van der Waals surface area contributed by atoms with Gasteiger partial charge in [-0.1, -0.05) is 0 Å². The van der Waals surface area contributed by atoms with Crippen molar-refractivity contribution >= 4 is 29.6 Å². The number of carboxylic acids is 1. The van der Waals surface area contributed by atoms with E-state index in [1.807, 2.05) is 0 Å². The summed E-state index contributed by atoms with van der Waals surface area (Å²) in [6, 6.07) is 3.46. The number of benzene rings is 1. The van der Waals surface area contributed by atoms with Gasteiger partial charge < -0.3 is 9.84 Å². The molecule has 27 heavy (non-hydrogen) atoms. The van der Waals surface area contributed by atoms with E-state index in [1.54, 1.807) is 6.07 Å². The summed E-state index contributed by atoms with van der Waals surface area (Å²) in [6.45, 7) is 0.283. The molecule has 2 N–H and O–H groups in total. The molecular weight excluding hydrogens is 356 g/mol. The second-order valence-corrected chi connectivity index (χ2v) is 6.35. The molecule has 1 atom stereocenters. The first-order valence-electron chi connectivity index (χ1n) is 8.58. The average molecular weight is 374 g/mol. The van der Waals surface area contributed by atoms with Crippen LogP contribution in [0.3, 0.4) is 0 Å². The Kier molecular flexibility index (Phi) is 5.20. The second-order valence-electron chi connectivity index (χ2n) is 6.35. The van der Waals surface area contributed by atoms with E-state index in [1.165, 1.54) is 12.1 Å². The summed E-state index contributed by atoms with van der Waals surface area (Å²) in [5, 5.41) is 10.7. The SMILES string of the molecule is O=C(O)CCCCOc1ccc2c(c1)C(=O)N(C1CCC(=O)NC1=O)C2=O. The summed E-state index contributed by atoms with van der Waals surface area (Å²) >= 11 is 0. The molecule has 4 amide bonds. The summed E-state index contributed by atoms with van der Waals surface area (Å²) in [7, 11) is 0. The molecule has 2 aliphatic rings. The molecule has 1 aromatic rings. The minimum atomic E-state index is -1.00. The zero-order valence-corrected chi connectivity index (χ0v) is 14.4. The number of nitrogens with zero attached hydrogens (tertiary/aromatic N) is 1. The lowest BCUT2D eigenvalue weighted by Crippen LogP contribution is -2.54. The molecule has 0 bridgehead atoms. The van der Waals surface area contributed by atoms with Crippen LogP contribution in [0.25, 0.3) is 0 Å². The number of aliphatic carboxylic acids is 1. The number of ether oxygens (including phenoxy) is 1. The van der Waals surface area contributed by atoms with E-state index < -0.39 is 35.6 Å². The van der Waals surface area contributed by atoms with Crippen molar-refractivity contribution < 1.29 is 33.8 Å². The Morgan fingerprint density at radius 1 is 1.15 bits per heavy atom. The van der Waals surface area contributed by atoms with Crippen molar-refractivity contribution in [1.82, 2.24) is 10.2 Å². The number of hydrogen-bond donors (Lipinski definition) is 2. The number of imide groups is 2. The third-order valence-corrected chi connectivity index (χ3v) is 4.46. The van der Waals surface area contributed by atoms with Crippen LogP contribution in [0.15, 0.2) is 18.2 Å². The van der Waals surface area contributed by atoms with Gasteiger partial charge in [-0.2, -0.15) is 0 Å². The molecule has 0 spiro atoms. The zero-order valence-electron chi connectivity index (χ0n) is 14.4. The topological polar surface area (TPSA) is 130 Å². The van der Waals surface area contributed by atoms with Crippen LogP contribution in [-0.4, -0.2) is 52.3 Å². The molecule has 2 aliphatic heterocycles. The first-order valence-corrected chi connectivity index (χ1v) is 8.58. The number of hydrogen-bond acceptors (Lipinski definition) is 6. The Bertz CT molecular complexity index is 833. The number of piperidine rings is 1. The predicted molar refractivity (Wildman–Crippen MR) is 90.1 cm³/mol. The van der Waals surface area contributed by atoms with Gasteiger partial charge in [-0.25, -0.2) is 0 Å². The molecule has 9 nitrogen and oxygen atoms in total. The zero-order chi connectivity index (χ0) is 19.6. The van der Waals surface area contributed by atoms with Crippen molar-refractivity contribution in [1.29, 1.82) is 0 Å². The van der Waals surface area contributed by atoms with Crippen LogP contribution in [0.1, 0.15) is 52.8 Å². The van der Waals surface area contributed by atoms with Crippen molar-refractivity contribution in [3.8, 4) is 5.75 Å². The minimum Gasteiger partial charge on any atom is -0.494 e. The van der Waals surface area contributed by atoms with Gasteiger partial charge in [-0.3, -0.25) is 34.2 Å². The van der Waals surface area contributed by atoms with Gasteiger partial charge in [0.05, 0.1) is 17.7 Å². The lowest BCUT2D eigenvalue weighted by molar-refractivity contribution is -0.138. The summed E-state index contributed by atoms with van der Waals surface area (Å²) in [5.74, 6) is -2.74. The molecule has 1 saturated heterocycles. The molecule has 1 unspecified atom stereocenters. The average Bonchev–Trinajstić information content (AvgIpc) is 2.86. The third-order valence-electron chi connectivity index (χ3n) is 4.46. The first kappa shape index (κ1) is 18.6. The fourth-order valence-corrected chi connectivity index (χ4v) is 3.11. The monoisotopic (exact) mass is 374 g/mol. The second kappa shape index (κ2) is 7.56. The molecule has 0 aromatic heterocycles. The Balaban J connectivity index is 1.68. The number of fused-ring (bicyclic) bond motifs is 1. The number of unbranched alkanes of at least 4 members (excludes halogenated alkanes) is 1. The molecule has 9 heteroatoms. The van der Waals surface area contributed by atoms with Crippen LogP contribution in [-0.2, 0) is 14.4 Å². The summed E-state index contributed by atoms with van der Waals surface area (Å²) in [5.41, 5.74) is 0.329. The van der Waals surface area contributed by atoms with Crippen LogP contribution in [0.4, 0.5) is 0 Å². The lowest BCUT2D eigenvalue weighted by atomic mass is 10.0.